The molecule has 1 aromatic heterocycles. The quantitative estimate of drug-likeness (QED) is 0.753. The van der Waals surface area contributed by atoms with Crippen molar-refractivity contribution in [2.75, 3.05) is 25.5 Å². The molecule has 2 amide bonds. The molecular formula is C19H25ClFN3O2S. The highest BCUT2D eigenvalue weighted by atomic mass is 35.5. The molecule has 2 rings (SSSR count). The Morgan fingerprint density at radius 2 is 1.96 bits per heavy atom. The number of benzene rings is 1. The fourth-order valence-corrected chi connectivity index (χ4v) is 3.58. The predicted molar refractivity (Wildman–Crippen MR) is 110 cm³/mol. The maximum atomic E-state index is 13.3. The molecule has 0 unspecified atom stereocenters. The minimum Gasteiger partial charge on any atom is -0.340 e. The number of thiophene rings is 1. The van der Waals surface area contributed by atoms with Crippen LogP contribution in [0.15, 0.2) is 30.3 Å². The molecule has 0 aliphatic heterocycles. The summed E-state index contributed by atoms with van der Waals surface area (Å²) < 4.78 is 13.3. The molecule has 0 aliphatic carbocycles. The van der Waals surface area contributed by atoms with Gasteiger partial charge in [-0.3, -0.25) is 9.59 Å². The van der Waals surface area contributed by atoms with Gasteiger partial charge in [-0.15, -0.1) is 23.7 Å². The first-order valence-corrected chi connectivity index (χ1v) is 9.07. The number of rotatable bonds is 6. The first-order chi connectivity index (χ1) is 12.1. The van der Waals surface area contributed by atoms with Gasteiger partial charge in [0.05, 0.1) is 9.88 Å². The largest absolute Gasteiger partial charge is 0.340 e. The third kappa shape index (κ3) is 6.02. The fraction of sp³-hybridized carbons (Fsp3) is 0.368. The van der Waals surface area contributed by atoms with Gasteiger partial charge in [-0.05, 0) is 48.7 Å². The van der Waals surface area contributed by atoms with Crippen LogP contribution < -0.4 is 11.1 Å². The third-order valence-electron chi connectivity index (χ3n) is 4.00. The summed E-state index contributed by atoms with van der Waals surface area (Å²) in [7, 11) is 1.74. The number of hydrogen-bond acceptors (Lipinski definition) is 4. The summed E-state index contributed by atoms with van der Waals surface area (Å²) in [6, 6.07) is 7.21. The number of aryl methyl sites for hydroxylation is 1. The lowest BCUT2D eigenvalue weighted by atomic mass is 9.93. The van der Waals surface area contributed by atoms with Crippen LogP contribution in [0.25, 0.3) is 0 Å². The van der Waals surface area contributed by atoms with Crippen LogP contribution in [0.5, 0.6) is 0 Å². The number of nitrogens with one attached hydrogen (secondary N) is 1. The second-order valence-electron chi connectivity index (χ2n) is 7.12. The summed E-state index contributed by atoms with van der Waals surface area (Å²) >= 11 is 1.21. The Morgan fingerprint density at radius 3 is 2.56 bits per heavy atom. The van der Waals surface area contributed by atoms with Gasteiger partial charge in [0.1, 0.15) is 5.82 Å². The van der Waals surface area contributed by atoms with E-state index in [0.29, 0.717) is 23.0 Å². The maximum absolute atomic E-state index is 13.3. The predicted octanol–water partition coefficient (Wildman–Crippen LogP) is 3.93. The molecule has 0 saturated heterocycles. The standard InChI is InChI=1S/C19H24FN3O2S.ClH/c1-12-8-15(22-17(24)13-6-5-7-14(20)9-13)26-16(12)18(25)23(4)11-19(2,3)10-21;/h5-9H,10-11,21H2,1-4H3,(H,22,24);1H. The summed E-state index contributed by atoms with van der Waals surface area (Å²) in [5.41, 5.74) is 6.57. The van der Waals surface area contributed by atoms with Crippen molar-refractivity contribution in [3.05, 3.63) is 52.2 Å². The molecule has 2 aromatic rings. The lowest BCUT2D eigenvalue weighted by molar-refractivity contribution is 0.0744. The van der Waals surface area contributed by atoms with E-state index in [1.165, 1.54) is 35.6 Å². The lowest BCUT2D eigenvalue weighted by Crippen LogP contribution is -2.39. The molecule has 3 N–H and O–H groups in total. The van der Waals surface area contributed by atoms with Crippen LogP contribution in [0, 0.1) is 18.2 Å². The van der Waals surface area contributed by atoms with E-state index in [9.17, 15) is 14.0 Å². The zero-order chi connectivity index (χ0) is 19.5. The van der Waals surface area contributed by atoms with Gasteiger partial charge >= 0.3 is 0 Å². The lowest BCUT2D eigenvalue weighted by Gasteiger charge is -2.28. The number of anilines is 1. The van der Waals surface area contributed by atoms with E-state index in [-0.39, 0.29) is 29.3 Å². The molecule has 1 aromatic carbocycles. The smallest absolute Gasteiger partial charge is 0.264 e. The Hall–Kier alpha value is -1.96. The average molecular weight is 414 g/mol. The topological polar surface area (TPSA) is 75.4 Å². The second kappa shape index (κ2) is 9.30. The Morgan fingerprint density at radius 1 is 1.30 bits per heavy atom. The van der Waals surface area contributed by atoms with Crippen molar-refractivity contribution in [1.82, 2.24) is 4.90 Å². The number of carbonyl (C=O) groups is 2. The summed E-state index contributed by atoms with van der Waals surface area (Å²) in [4.78, 5) is 27.2. The number of hydrogen-bond donors (Lipinski definition) is 2. The number of carbonyl (C=O) groups excluding carboxylic acids is 2. The molecule has 0 fully saturated rings. The Bertz CT molecular complexity index is 823. The number of nitrogens with zero attached hydrogens (tertiary/aromatic N) is 1. The Labute approximate surface area is 169 Å². The number of amides is 2. The van der Waals surface area contributed by atoms with E-state index in [2.05, 4.69) is 5.32 Å². The first kappa shape index (κ1) is 23.1. The number of nitrogens with two attached hydrogens (primary N) is 1. The van der Waals surface area contributed by atoms with Gasteiger partial charge in [-0.2, -0.15) is 0 Å². The zero-order valence-electron chi connectivity index (χ0n) is 15.8. The Balaban J connectivity index is 0.00000364. The van der Waals surface area contributed by atoms with Crippen molar-refractivity contribution < 1.29 is 14.0 Å². The normalized spacial score (nSPS) is 10.9. The third-order valence-corrected chi connectivity index (χ3v) is 5.14. The van der Waals surface area contributed by atoms with Crippen molar-refractivity contribution in [3.63, 3.8) is 0 Å². The fourth-order valence-electron chi connectivity index (χ4n) is 2.52. The van der Waals surface area contributed by atoms with E-state index in [1.54, 1.807) is 18.0 Å². The van der Waals surface area contributed by atoms with Gasteiger partial charge in [0.25, 0.3) is 11.8 Å². The molecule has 8 heteroatoms. The zero-order valence-corrected chi connectivity index (χ0v) is 17.5. The molecule has 1 heterocycles. The van der Waals surface area contributed by atoms with E-state index in [0.717, 1.165) is 5.56 Å². The molecule has 0 bridgehead atoms. The van der Waals surface area contributed by atoms with Gasteiger partial charge in [-0.1, -0.05) is 19.9 Å². The maximum Gasteiger partial charge on any atom is 0.264 e. The Kier molecular flexibility index (Phi) is 7.95. The van der Waals surface area contributed by atoms with Crippen LogP contribution in [0.4, 0.5) is 9.39 Å². The van der Waals surface area contributed by atoms with Crippen molar-refractivity contribution in [2.45, 2.75) is 20.8 Å². The highest BCUT2D eigenvalue weighted by molar-refractivity contribution is 7.18. The van der Waals surface area contributed by atoms with Gasteiger partial charge in [0.2, 0.25) is 0 Å². The summed E-state index contributed by atoms with van der Waals surface area (Å²) in [5.74, 6) is -0.998. The highest BCUT2D eigenvalue weighted by Gasteiger charge is 2.24. The minimum absolute atomic E-state index is 0. The minimum atomic E-state index is -0.472. The molecule has 0 radical (unpaired) electrons. The number of halogens is 2. The van der Waals surface area contributed by atoms with Crippen LogP contribution in [0.1, 0.15) is 39.4 Å². The molecule has 0 spiro atoms. The van der Waals surface area contributed by atoms with Gasteiger partial charge in [0.15, 0.2) is 0 Å². The van der Waals surface area contributed by atoms with E-state index >= 15 is 0 Å². The van der Waals surface area contributed by atoms with Crippen LogP contribution in [-0.4, -0.2) is 36.9 Å². The van der Waals surface area contributed by atoms with Crippen molar-refractivity contribution in [3.8, 4) is 0 Å². The van der Waals surface area contributed by atoms with Crippen LogP contribution in [0.3, 0.4) is 0 Å². The molecular weight excluding hydrogens is 389 g/mol. The highest BCUT2D eigenvalue weighted by Crippen LogP contribution is 2.29. The van der Waals surface area contributed by atoms with Gasteiger partial charge in [0, 0.05) is 19.2 Å². The SMILES string of the molecule is Cc1cc(NC(=O)c2cccc(F)c2)sc1C(=O)N(C)CC(C)(C)CN.Cl. The summed E-state index contributed by atoms with van der Waals surface area (Å²) in [6.45, 7) is 6.84. The molecule has 148 valence electrons. The van der Waals surface area contributed by atoms with Crippen molar-refractivity contribution in [1.29, 1.82) is 0 Å². The van der Waals surface area contributed by atoms with Crippen molar-refractivity contribution in [2.24, 2.45) is 11.1 Å². The van der Waals surface area contributed by atoms with E-state index < -0.39 is 11.7 Å². The first-order valence-electron chi connectivity index (χ1n) is 8.26. The van der Waals surface area contributed by atoms with Crippen LogP contribution >= 0.6 is 23.7 Å². The van der Waals surface area contributed by atoms with E-state index in [1.807, 2.05) is 20.8 Å². The molecule has 0 aliphatic rings. The summed E-state index contributed by atoms with van der Waals surface area (Å²) in [6.07, 6.45) is 0. The monoisotopic (exact) mass is 413 g/mol. The van der Waals surface area contributed by atoms with Crippen LogP contribution in [-0.2, 0) is 0 Å². The van der Waals surface area contributed by atoms with Gasteiger partial charge < -0.3 is 16.0 Å². The molecule has 5 nitrogen and oxygen atoms in total. The molecule has 0 saturated carbocycles. The van der Waals surface area contributed by atoms with Crippen molar-refractivity contribution >= 4 is 40.6 Å². The summed E-state index contributed by atoms with van der Waals surface area (Å²) in [5, 5.41) is 3.27. The van der Waals surface area contributed by atoms with E-state index in [4.69, 9.17) is 5.73 Å². The average Bonchev–Trinajstić information content (AvgIpc) is 2.94. The van der Waals surface area contributed by atoms with Crippen LogP contribution in [0.2, 0.25) is 0 Å². The molecule has 0 atom stereocenters. The molecule has 27 heavy (non-hydrogen) atoms. The van der Waals surface area contributed by atoms with Gasteiger partial charge in [-0.25, -0.2) is 4.39 Å². The second-order valence-corrected chi connectivity index (χ2v) is 8.17.